The van der Waals surface area contributed by atoms with Crippen molar-refractivity contribution in [3.63, 3.8) is 0 Å². The van der Waals surface area contributed by atoms with E-state index in [0.717, 1.165) is 19.5 Å². The number of thiophene rings is 1. The molecule has 2 heterocycles. The lowest BCUT2D eigenvalue weighted by molar-refractivity contribution is -0.122. The second-order valence-corrected chi connectivity index (χ2v) is 6.87. The highest BCUT2D eigenvalue weighted by Gasteiger charge is 2.22. The standard InChI is InChI=1S/C18H22N2OS/c21-18(19-12-17-9-5-11-22-17)14-20-10-4-8-16(13-20)15-6-2-1-3-7-15/h1-3,5-7,9,11,16H,4,8,10,12-14H2,(H,19,21). The lowest BCUT2D eigenvalue weighted by Crippen LogP contribution is -2.41. The molecule has 0 bridgehead atoms. The van der Waals surface area contributed by atoms with E-state index in [1.807, 2.05) is 11.4 Å². The molecule has 3 rings (SSSR count). The van der Waals surface area contributed by atoms with Crippen LogP contribution in [0.1, 0.15) is 29.2 Å². The molecule has 1 N–H and O–H groups in total. The summed E-state index contributed by atoms with van der Waals surface area (Å²) >= 11 is 1.68. The van der Waals surface area contributed by atoms with E-state index in [-0.39, 0.29) is 5.91 Å². The van der Waals surface area contributed by atoms with Gasteiger partial charge in [0.2, 0.25) is 5.91 Å². The number of likely N-dealkylation sites (tertiary alicyclic amines) is 1. The molecule has 116 valence electrons. The molecule has 1 fully saturated rings. The Bertz CT molecular complexity index is 582. The van der Waals surface area contributed by atoms with Gasteiger partial charge in [-0.05, 0) is 42.3 Å². The lowest BCUT2D eigenvalue weighted by atomic mass is 9.91. The van der Waals surface area contributed by atoms with Crippen molar-refractivity contribution in [1.82, 2.24) is 10.2 Å². The van der Waals surface area contributed by atoms with E-state index in [0.29, 0.717) is 19.0 Å². The summed E-state index contributed by atoms with van der Waals surface area (Å²) in [5.41, 5.74) is 1.39. The molecule has 1 unspecified atom stereocenters. The number of hydrogen-bond donors (Lipinski definition) is 1. The average molecular weight is 314 g/mol. The number of nitrogens with zero attached hydrogens (tertiary/aromatic N) is 1. The van der Waals surface area contributed by atoms with Gasteiger partial charge in [0, 0.05) is 11.4 Å². The van der Waals surface area contributed by atoms with Crippen molar-refractivity contribution in [3.8, 4) is 0 Å². The fourth-order valence-electron chi connectivity index (χ4n) is 3.05. The van der Waals surface area contributed by atoms with E-state index in [4.69, 9.17) is 0 Å². The Morgan fingerprint density at radius 2 is 2.09 bits per heavy atom. The summed E-state index contributed by atoms with van der Waals surface area (Å²) in [6.45, 7) is 3.16. The monoisotopic (exact) mass is 314 g/mol. The van der Waals surface area contributed by atoms with Gasteiger partial charge in [0.25, 0.3) is 0 Å². The zero-order valence-corrected chi connectivity index (χ0v) is 13.5. The van der Waals surface area contributed by atoms with Crippen molar-refractivity contribution >= 4 is 17.2 Å². The Labute approximate surface area is 136 Å². The minimum Gasteiger partial charge on any atom is -0.350 e. The number of carbonyl (C=O) groups excluding carboxylic acids is 1. The fraction of sp³-hybridized carbons (Fsp3) is 0.389. The van der Waals surface area contributed by atoms with Crippen LogP contribution in [0.5, 0.6) is 0 Å². The van der Waals surface area contributed by atoms with Crippen LogP contribution in [-0.2, 0) is 11.3 Å². The molecular weight excluding hydrogens is 292 g/mol. The minimum absolute atomic E-state index is 0.127. The third kappa shape index (κ3) is 4.18. The summed E-state index contributed by atoms with van der Waals surface area (Å²) in [4.78, 5) is 15.6. The summed E-state index contributed by atoms with van der Waals surface area (Å²) in [5.74, 6) is 0.683. The van der Waals surface area contributed by atoms with E-state index in [9.17, 15) is 4.79 Å². The van der Waals surface area contributed by atoms with Crippen LogP contribution in [0.3, 0.4) is 0 Å². The summed E-state index contributed by atoms with van der Waals surface area (Å²) in [6.07, 6.45) is 2.38. The largest absolute Gasteiger partial charge is 0.350 e. The van der Waals surface area contributed by atoms with Gasteiger partial charge < -0.3 is 5.32 Å². The fourth-order valence-corrected chi connectivity index (χ4v) is 3.70. The first-order valence-corrected chi connectivity index (χ1v) is 8.75. The summed E-state index contributed by atoms with van der Waals surface area (Å²) in [6, 6.07) is 14.7. The van der Waals surface area contributed by atoms with E-state index < -0.39 is 0 Å². The highest BCUT2D eigenvalue weighted by Crippen LogP contribution is 2.26. The molecule has 0 aliphatic carbocycles. The second-order valence-electron chi connectivity index (χ2n) is 5.84. The molecule has 1 aliphatic heterocycles. The molecule has 1 atom stereocenters. The van der Waals surface area contributed by atoms with Gasteiger partial charge in [0.1, 0.15) is 0 Å². The van der Waals surface area contributed by atoms with Crippen LogP contribution in [0.15, 0.2) is 47.8 Å². The van der Waals surface area contributed by atoms with Gasteiger partial charge in [-0.1, -0.05) is 36.4 Å². The summed E-state index contributed by atoms with van der Waals surface area (Å²) in [5, 5.41) is 5.06. The molecule has 3 nitrogen and oxygen atoms in total. The lowest BCUT2D eigenvalue weighted by Gasteiger charge is -2.32. The number of carbonyl (C=O) groups is 1. The van der Waals surface area contributed by atoms with Gasteiger partial charge in [-0.3, -0.25) is 9.69 Å². The SMILES string of the molecule is O=C(CN1CCCC(c2ccccc2)C1)NCc1cccs1. The maximum absolute atomic E-state index is 12.1. The molecule has 1 amide bonds. The van der Waals surface area contributed by atoms with Crippen molar-refractivity contribution in [1.29, 1.82) is 0 Å². The Morgan fingerprint density at radius 3 is 2.86 bits per heavy atom. The van der Waals surface area contributed by atoms with Gasteiger partial charge in [-0.2, -0.15) is 0 Å². The molecule has 1 saturated heterocycles. The molecule has 1 aromatic heterocycles. The van der Waals surface area contributed by atoms with Crippen molar-refractivity contribution in [2.75, 3.05) is 19.6 Å². The first kappa shape index (κ1) is 15.3. The normalized spacial score (nSPS) is 19.0. The third-order valence-electron chi connectivity index (χ3n) is 4.18. The molecule has 1 aromatic carbocycles. The Morgan fingerprint density at radius 1 is 1.23 bits per heavy atom. The quantitative estimate of drug-likeness (QED) is 0.919. The van der Waals surface area contributed by atoms with E-state index in [1.165, 1.54) is 16.9 Å². The molecule has 4 heteroatoms. The zero-order valence-electron chi connectivity index (χ0n) is 12.7. The zero-order chi connectivity index (χ0) is 15.2. The van der Waals surface area contributed by atoms with E-state index >= 15 is 0 Å². The first-order valence-electron chi connectivity index (χ1n) is 7.87. The molecule has 0 saturated carbocycles. The maximum atomic E-state index is 12.1. The van der Waals surface area contributed by atoms with Gasteiger partial charge in [-0.25, -0.2) is 0 Å². The Kier molecular flexibility index (Phi) is 5.24. The van der Waals surface area contributed by atoms with Gasteiger partial charge >= 0.3 is 0 Å². The number of nitrogens with one attached hydrogen (secondary N) is 1. The van der Waals surface area contributed by atoms with Gasteiger partial charge in [0.05, 0.1) is 13.1 Å². The number of amides is 1. The highest BCUT2D eigenvalue weighted by molar-refractivity contribution is 7.09. The Balaban J connectivity index is 1.48. The highest BCUT2D eigenvalue weighted by atomic mass is 32.1. The van der Waals surface area contributed by atoms with E-state index in [1.54, 1.807) is 11.3 Å². The van der Waals surface area contributed by atoms with E-state index in [2.05, 4.69) is 46.6 Å². The molecule has 0 spiro atoms. The molecule has 22 heavy (non-hydrogen) atoms. The van der Waals surface area contributed by atoms with Crippen molar-refractivity contribution in [3.05, 3.63) is 58.3 Å². The minimum atomic E-state index is 0.127. The maximum Gasteiger partial charge on any atom is 0.234 e. The number of benzene rings is 1. The van der Waals surface area contributed by atoms with Crippen molar-refractivity contribution in [2.45, 2.75) is 25.3 Å². The first-order chi connectivity index (χ1) is 10.8. The van der Waals surface area contributed by atoms with Crippen molar-refractivity contribution < 1.29 is 4.79 Å². The van der Waals surface area contributed by atoms with Crippen LogP contribution in [-0.4, -0.2) is 30.4 Å². The molecule has 1 aliphatic rings. The molecular formula is C18H22N2OS. The number of hydrogen-bond acceptors (Lipinski definition) is 3. The second kappa shape index (κ2) is 7.56. The number of piperidine rings is 1. The van der Waals surface area contributed by atoms with Crippen LogP contribution < -0.4 is 5.32 Å². The predicted molar refractivity (Wildman–Crippen MR) is 91.0 cm³/mol. The molecule has 2 aromatic rings. The molecule has 0 radical (unpaired) electrons. The Hall–Kier alpha value is -1.65. The summed E-state index contributed by atoms with van der Waals surface area (Å²) in [7, 11) is 0. The van der Waals surface area contributed by atoms with Gasteiger partial charge in [-0.15, -0.1) is 11.3 Å². The summed E-state index contributed by atoms with van der Waals surface area (Å²) < 4.78 is 0. The van der Waals surface area contributed by atoms with Crippen LogP contribution >= 0.6 is 11.3 Å². The van der Waals surface area contributed by atoms with Crippen LogP contribution in [0, 0.1) is 0 Å². The van der Waals surface area contributed by atoms with Crippen molar-refractivity contribution in [2.24, 2.45) is 0 Å². The topological polar surface area (TPSA) is 32.3 Å². The number of rotatable bonds is 5. The predicted octanol–water partition coefficient (Wildman–Crippen LogP) is 3.24. The van der Waals surface area contributed by atoms with Crippen LogP contribution in [0.2, 0.25) is 0 Å². The van der Waals surface area contributed by atoms with Gasteiger partial charge in [0.15, 0.2) is 0 Å². The van der Waals surface area contributed by atoms with Crippen LogP contribution in [0.25, 0.3) is 0 Å². The van der Waals surface area contributed by atoms with Crippen LogP contribution in [0.4, 0.5) is 0 Å². The third-order valence-corrected chi connectivity index (χ3v) is 5.06. The average Bonchev–Trinajstić information content (AvgIpc) is 3.08. The smallest absolute Gasteiger partial charge is 0.234 e.